The van der Waals surface area contributed by atoms with E-state index in [9.17, 15) is 18.0 Å². The van der Waals surface area contributed by atoms with Gasteiger partial charge in [0.1, 0.15) is 0 Å². The summed E-state index contributed by atoms with van der Waals surface area (Å²) in [7, 11) is 3.54. The molecule has 1 fully saturated rings. The van der Waals surface area contributed by atoms with Crippen LogP contribution < -0.4 is 0 Å². The van der Waals surface area contributed by atoms with Crippen molar-refractivity contribution >= 4 is 5.91 Å². The molecule has 1 aliphatic heterocycles. The normalized spacial score (nSPS) is 24.4. The van der Waals surface area contributed by atoms with Crippen LogP contribution in [0.5, 0.6) is 0 Å². The third-order valence-corrected chi connectivity index (χ3v) is 3.43. The Labute approximate surface area is 106 Å². The standard InChI is InChI=1S/C12H21F3N2O/c1-11(2)8-17(10(18)7-16(3)4)6-5-9(11)12(13,14)15/h9H,5-8H2,1-4H3. The molecule has 0 aromatic heterocycles. The van der Waals surface area contributed by atoms with Gasteiger partial charge in [-0.15, -0.1) is 0 Å². The molecule has 1 atom stereocenters. The van der Waals surface area contributed by atoms with Gasteiger partial charge in [-0.1, -0.05) is 13.8 Å². The smallest absolute Gasteiger partial charge is 0.341 e. The Hall–Kier alpha value is -0.780. The summed E-state index contributed by atoms with van der Waals surface area (Å²) in [4.78, 5) is 15.1. The second-order valence-electron chi connectivity index (χ2n) is 5.92. The highest BCUT2D eigenvalue weighted by Crippen LogP contribution is 2.44. The number of amides is 1. The maximum Gasteiger partial charge on any atom is 0.392 e. The molecule has 0 bridgehead atoms. The van der Waals surface area contributed by atoms with E-state index in [1.165, 1.54) is 0 Å². The van der Waals surface area contributed by atoms with Crippen LogP contribution in [0.15, 0.2) is 0 Å². The fourth-order valence-corrected chi connectivity index (χ4v) is 2.55. The minimum Gasteiger partial charge on any atom is -0.341 e. The van der Waals surface area contributed by atoms with Gasteiger partial charge in [0.15, 0.2) is 0 Å². The van der Waals surface area contributed by atoms with Gasteiger partial charge in [0, 0.05) is 13.1 Å². The van der Waals surface area contributed by atoms with Gasteiger partial charge in [0.05, 0.1) is 12.5 Å². The van der Waals surface area contributed by atoms with Crippen LogP contribution in [0.3, 0.4) is 0 Å². The van der Waals surface area contributed by atoms with Crippen molar-refractivity contribution in [2.24, 2.45) is 11.3 Å². The van der Waals surface area contributed by atoms with Crippen LogP contribution in [-0.2, 0) is 4.79 Å². The lowest BCUT2D eigenvalue weighted by molar-refractivity contribution is -0.217. The number of rotatable bonds is 2. The molecule has 1 rings (SSSR count). The molecule has 0 radical (unpaired) electrons. The summed E-state index contributed by atoms with van der Waals surface area (Å²) in [5.74, 6) is -1.43. The molecule has 0 N–H and O–H groups in total. The number of hydrogen-bond donors (Lipinski definition) is 0. The zero-order valence-corrected chi connectivity index (χ0v) is 11.3. The number of halogens is 3. The highest BCUT2D eigenvalue weighted by molar-refractivity contribution is 5.78. The molecular weight excluding hydrogens is 245 g/mol. The highest BCUT2D eigenvalue weighted by Gasteiger charge is 2.51. The van der Waals surface area contributed by atoms with Crippen LogP contribution in [0, 0.1) is 11.3 Å². The van der Waals surface area contributed by atoms with E-state index in [0.717, 1.165) is 0 Å². The Morgan fingerprint density at radius 1 is 1.39 bits per heavy atom. The van der Waals surface area contributed by atoms with Gasteiger partial charge >= 0.3 is 6.18 Å². The summed E-state index contributed by atoms with van der Waals surface area (Å²) >= 11 is 0. The number of alkyl halides is 3. The number of hydrogen-bond acceptors (Lipinski definition) is 2. The van der Waals surface area contributed by atoms with Crippen molar-refractivity contribution in [2.45, 2.75) is 26.4 Å². The van der Waals surface area contributed by atoms with Crippen LogP contribution in [0.4, 0.5) is 13.2 Å². The molecule has 1 amide bonds. The fourth-order valence-electron chi connectivity index (χ4n) is 2.55. The van der Waals surface area contributed by atoms with Crippen molar-refractivity contribution < 1.29 is 18.0 Å². The maximum absolute atomic E-state index is 12.9. The van der Waals surface area contributed by atoms with E-state index in [2.05, 4.69) is 0 Å². The Bertz CT molecular complexity index is 313. The van der Waals surface area contributed by atoms with Gasteiger partial charge in [-0.2, -0.15) is 13.2 Å². The van der Waals surface area contributed by atoms with Gasteiger partial charge < -0.3 is 9.80 Å². The summed E-state index contributed by atoms with van der Waals surface area (Å²) in [5.41, 5.74) is -0.918. The summed E-state index contributed by atoms with van der Waals surface area (Å²) < 4.78 is 38.6. The van der Waals surface area contributed by atoms with E-state index >= 15 is 0 Å². The third kappa shape index (κ3) is 3.60. The molecule has 1 unspecified atom stereocenters. The third-order valence-electron chi connectivity index (χ3n) is 3.43. The van der Waals surface area contributed by atoms with Gasteiger partial charge in [0.25, 0.3) is 0 Å². The number of carbonyl (C=O) groups excluding carboxylic acids is 1. The zero-order chi connectivity index (χ0) is 14.1. The molecule has 0 saturated carbocycles. The van der Waals surface area contributed by atoms with E-state index in [0.29, 0.717) is 0 Å². The van der Waals surface area contributed by atoms with E-state index in [1.807, 2.05) is 0 Å². The molecule has 18 heavy (non-hydrogen) atoms. The van der Waals surface area contributed by atoms with Gasteiger partial charge in [0.2, 0.25) is 5.91 Å². The van der Waals surface area contributed by atoms with Crippen molar-refractivity contribution in [1.29, 1.82) is 0 Å². The van der Waals surface area contributed by atoms with Gasteiger partial charge in [-0.3, -0.25) is 4.79 Å². The number of piperidine rings is 1. The van der Waals surface area contributed by atoms with Crippen molar-refractivity contribution in [1.82, 2.24) is 9.80 Å². The average Bonchev–Trinajstić information content (AvgIpc) is 2.12. The fraction of sp³-hybridized carbons (Fsp3) is 0.917. The predicted octanol–water partition coefficient (Wildman–Crippen LogP) is 1.98. The maximum atomic E-state index is 12.9. The molecule has 0 spiro atoms. The number of likely N-dealkylation sites (N-methyl/N-ethyl adjacent to an activating group) is 1. The van der Waals surface area contributed by atoms with Crippen molar-refractivity contribution in [3.8, 4) is 0 Å². The van der Waals surface area contributed by atoms with Crippen molar-refractivity contribution in [3.05, 3.63) is 0 Å². The van der Waals surface area contributed by atoms with Crippen LogP contribution in [0.2, 0.25) is 0 Å². The molecule has 6 heteroatoms. The molecule has 1 aliphatic rings. The van der Waals surface area contributed by atoms with E-state index < -0.39 is 17.5 Å². The first kappa shape index (κ1) is 15.3. The summed E-state index contributed by atoms with van der Waals surface area (Å²) in [6.07, 6.45) is -4.18. The number of nitrogens with zero attached hydrogens (tertiary/aromatic N) is 2. The van der Waals surface area contributed by atoms with E-state index in [-0.39, 0.29) is 32.0 Å². The molecule has 0 aromatic rings. The first-order chi connectivity index (χ1) is 8.04. The minimum atomic E-state index is -4.18. The second kappa shape index (κ2) is 5.07. The SMILES string of the molecule is CN(C)CC(=O)N1CCC(C(F)(F)F)C(C)(C)C1. The van der Waals surface area contributed by atoms with Crippen LogP contribution in [0.1, 0.15) is 20.3 Å². The molecule has 0 aromatic carbocycles. The second-order valence-corrected chi connectivity index (χ2v) is 5.92. The lowest BCUT2D eigenvalue weighted by atomic mass is 9.73. The molecule has 3 nitrogen and oxygen atoms in total. The Kier molecular flexibility index (Phi) is 4.30. The predicted molar refractivity (Wildman–Crippen MR) is 63.1 cm³/mol. The molecule has 1 heterocycles. The molecule has 1 saturated heterocycles. The molecule has 0 aliphatic carbocycles. The summed E-state index contributed by atoms with van der Waals surface area (Å²) in [6, 6.07) is 0. The first-order valence-corrected chi connectivity index (χ1v) is 6.03. The van der Waals surface area contributed by atoms with Crippen molar-refractivity contribution in [3.63, 3.8) is 0 Å². The highest BCUT2D eigenvalue weighted by atomic mass is 19.4. The largest absolute Gasteiger partial charge is 0.392 e. The number of carbonyl (C=O) groups is 1. The first-order valence-electron chi connectivity index (χ1n) is 6.03. The monoisotopic (exact) mass is 266 g/mol. The quantitative estimate of drug-likeness (QED) is 0.763. The molecular formula is C12H21F3N2O. The van der Waals surface area contributed by atoms with Crippen LogP contribution >= 0.6 is 0 Å². The zero-order valence-electron chi connectivity index (χ0n) is 11.3. The Morgan fingerprint density at radius 3 is 2.33 bits per heavy atom. The van der Waals surface area contributed by atoms with E-state index in [4.69, 9.17) is 0 Å². The van der Waals surface area contributed by atoms with Gasteiger partial charge in [-0.25, -0.2) is 0 Å². The lowest BCUT2D eigenvalue weighted by Crippen LogP contribution is -2.53. The summed E-state index contributed by atoms with van der Waals surface area (Å²) in [5, 5.41) is 0. The average molecular weight is 266 g/mol. The minimum absolute atomic E-state index is 0.00430. The Morgan fingerprint density at radius 2 is 1.94 bits per heavy atom. The number of likely N-dealkylation sites (tertiary alicyclic amines) is 1. The lowest BCUT2D eigenvalue weighted by Gasteiger charge is -2.45. The van der Waals surface area contributed by atoms with Gasteiger partial charge in [-0.05, 0) is 25.9 Å². The van der Waals surface area contributed by atoms with Crippen LogP contribution in [0.25, 0.3) is 0 Å². The topological polar surface area (TPSA) is 23.6 Å². The molecule has 106 valence electrons. The van der Waals surface area contributed by atoms with Crippen LogP contribution in [-0.4, -0.2) is 55.6 Å². The summed E-state index contributed by atoms with van der Waals surface area (Å²) in [6.45, 7) is 3.78. The van der Waals surface area contributed by atoms with E-state index in [1.54, 1.807) is 37.7 Å². The Balaban J connectivity index is 2.71. The van der Waals surface area contributed by atoms with Crippen molar-refractivity contribution in [2.75, 3.05) is 33.7 Å².